The number of aromatic amines is 1. The molecule has 2 aromatic heterocycles. The molecule has 0 aliphatic carbocycles. The van der Waals surface area contributed by atoms with Gasteiger partial charge in [0.25, 0.3) is 11.1 Å². The van der Waals surface area contributed by atoms with Crippen molar-refractivity contribution in [3.63, 3.8) is 0 Å². The van der Waals surface area contributed by atoms with Crippen LogP contribution in [0.3, 0.4) is 0 Å². The van der Waals surface area contributed by atoms with Crippen molar-refractivity contribution in [2.45, 2.75) is 50.5 Å². The molecule has 0 unspecified atom stereocenters. The van der Waals surface area contributed by atoms with Gasteiger partial charge in [0.2, 0.25) is 0 Å². The summed E-state index contributed by atoms with van der Waals surface area (Å²) in [4.78, 5) is 31.4. The number of fused-ring (bicyclic) bond motifs is 2. The maximum atomic E-state index is 13.4. The van der Waals surface area contributed by atoms with Crippen LogP contribution in [0.25, 0.3) is 10.9 Å². The number of nitrogens with zero attached hydrogens (tertiary/aromatic N) is 3. The van der Waals surface area contributed by atoms with E-state index < -0.39 is 5.25 Å². The molecule has 2 aliphatic rings. The van der Waals surface area contributed by atoms with Gasteiger partial charge in [0.15, 0.2) is 5.82 Å². The monoisotopic (exact) mass is 468 g/mol. The van der Waals surface area contributed by atoms with E-state index in [-0.39, 0.29) is 22.8 Å². The molecular formula is C24H28N4O4S. The molecular weight excluding hydrogens is 440 g/mol. The molecule has 0 spiro atoms. The number of H-pyrrole nitrogens is 1. The molecule has 0 bridgehead atoms. The highest BCUT2D eigenvalue weighted by Gasteiger charge is 2.36. The Bertz CT molecular complexity index is 1400. The molecule has 2 aliphatic heterocycles. The molecule has 4 heterocycles. The number of thioether (sulfide) groups is 1. The van der Waals surface area contributed by atoms with Crippen molar-refractivity contribution in [3.8, 4) is 5.75 Å². The summed E-state index contributed by atoms with van der Waals surface area (Å²) in [6.07, 6.45) is 1.57. The zero-order valence-electron chi connectivity index (χ0n) is 19.5. The van der Waals surface area contributed by atoms with Crippen LogP contribution in [0, 0.1) is 0 Å². The van der Waals surface area contributed by atoms with Crippen molar-refractivity contribution in [1.29, 1.82) is 0 Å². The molecule has 1 fully saturated rings. The molecule has 3 aromatic rings. The summed E-state index contributed by atoms with van der Waals surface area (Å²) in [6, 6.07) is 7.64. The van der Waals surface area contributed by atoms with E-state index >= 15 is 0 Å². The van der Waals surface area contributed by atoms with Crippen molar-refractivity contribution in [3.05, 3.63) is 56.1 Å². The quantitative estimate of drug-likeness (QED) is 0.626. The molecule has 1 N–H and O–H groups in total. The number of ether oxygens (including phenoxy) is 2. The fourth-order valence-electron chi connectivity index (χ4n) is 4.90. The van der Waals surface area contributed by atoms with Crippen LogP contribution in [0.1, 0.15) is 56.0 Å². The molecule has 2 atom stereocenters. The van der Waals surface area contributed by atoms with E-state index in [1.807, 2.05) is 35.9 Å². The zero-order chi connectivity index (χ0) is 23.5. The standard InChI is InChI=1S/C24H28N4O4S/c1-13-25-21-19(22(29)26-28(21)15-8-9-32-24(2,3)12-15)20(33-13)17-10-14-6-7-16(31-5)11-18(14)27(4)23(17)30/h6-7,10-11,15,20H,8-9,12H2,1-5H3,(H,26,29)/t15-,20-/m1/s1. The van der Waals surface area contributed by atoms with Crippen molar-refractivity contribution in [2.24, 2.45) is 12.0 Å². The largest absolute Gasteiger partial charge is 0.497 e. The Kier molecular flexibility index (Phi) is 5.29. The van der Waals surface area contributed by atoms with Gasteiger partial charge in [0, 0.05) is 25.3 Å². The second kappa shape index (κ2) is 7.92. The summed E-state index contributed by atoms with van der Waals surface area (Å²) in [5, 5.41) is 4.34. The Labute approximate surface area is 195 Å². The van der Waals surface area contributed by atoms with E-state index in [0.29, 0.717) is 29.3 Å². The topological polar surface area (TPSA) is 90.6 Å². The molecule has 9 heteroatoms. The van der Waals surface area contributed by atoms with Gasteiger partial charge >= 0.3 is 0 Å². The summed E-state index contributed by atoms with van der Waals surface area (Å²) >= 11 is 1.45. The number of benzene rings is 1. The van der Waals surface area contributed by atoms with Crippen molar-refractivity contribution >= 4 is 33.5 Å². The molecule has 33 heavy (non-hydrogen) atoms. The first-order chi connectivity index (χ1) is 15.7. The van der Waals surface area contributed by atoms with Crippen molar-refractivity contribution < 1.29 is 9.47 Å². The molecule has 8 nitrogen and oxygen atoms in total. The third-order valence-electron chi connectivity index (χ3n) is 6.53. The van der Waals surface area contributed by atoms with Crippen molar-refractivity contribution in [1.82, 2.24) is 14.3 Å². The first-order valence-electron chi connectivity index (χ1n) is 11.1. The highest BCUT2D eigenvalue weighted by Crippen LogP contribution is 2.45. The zero-order valence-corrected chi connectivity index (χ0v) is 20.3. The van der Waals surface area contributed by atoms with Gasteiger partial charge in [0.1, 0.15) is 5.75 Å². The van der Waals surface area contributed by atoms with Gasteiger partial charge < -0.3 is 14.0 Å². The minimum atomic E-state index is -0.430. The van der Waals surface area contributed by atoms with E-state index in [1.54, 1.807) is 18.7 Å². The van der Waals surface area contributed by atoms with E-state index in [9.17, 15) is 9.59 Å². The average molecular weight is 469 g/mol. The van der Waals surface area contributed by atoms with Crippen LogP contribution in [0.15, 0.2) is 38.8 Å². The van der Waals surface area contributed by atoms with Crippen molar-refractivity contribution in [2.75, 3.05) is 13.7 Å². The minimum Gasteiger partial charge on any atom is -0.497 e. The Hall–Kier alpha value is -2.78. The minimum absolute atomic E-state index is 0.0809. The molecule has 174 valence electrons. The number of aromatic nitrogens is 3. The third-order valence-corrected chi connectivity index (χ3v) is 7.69. The van der Waals surface area contributed by atoms with Gasteiger partial charge in [0.05, 0.1) is 40.1 Å². The lowest BCUT2D eigenvalue weighted by Crippen LogP contribution is -2.35. The summed E-state index contributed by atoms with van der Waals surface area (Å²) in [7, 11) is 3.36. The Morgan fingerprint density at radius 3 is 2.79 bits per heavy atom. The first-order valence-corrected chi connectivity index (χ1v) is 11.9. The lowest BCUT2D eigenvalue weighted by molar-refractivity contribution is -0.0705. The second-order valence-corrected chi connectivity index (χ2v) is 10.6. The van der Waals surface area contributed by atoms with Gasteiger partial charge in [-0.15, -0.1) is 0 Å². The van der Waals surface area contributed by atoms with Gasteiger partial charge in [-0.2, -0.15) is 0 Å². The third kappa shape index (κ3) is 3.73. The van der Waals surface area contributed by atoms with E-state index in [0.717, 1.165) is 28.8 Å². The van der Waals surface area contributed by atoms with E-state index in [1.165, 1.54) is 11.8 Å². The molecule has 0 saturated carbocycles. The lowest BCUT2D eigenvalue weighted by Gasteiger charge is -2.36. The Balaban J connectivity index is 1.66. The molecule has 5 rings (SSSR count). The number of rotatable bonds is 3. The van der Waals surface area contributed by atoms with Crippen LogP contribution in [0.5, 0.6) is 5.75 Å². The summed E-state index contributed by atoms with van der Waals surface area (Å²) in [6.45, 7) is 6.68. The number of nitrogens with one attached hydrogen (secondary N) is 1. The van der Waals surface area contributed by atoms with Crippen LogP contribution < -0.4 is 15.9 Å². The number of methoxy groups -OCH3 is 1. The molecule has 1 saturated heterocycles. The number of aryl methyl sites for hydroxylation is 1. The smallest absolute Gasteiger partial charge is 0.271 e. The van der Waals surface area contributed by atoms with E-state index in [4.69, 9.17) is 14.5 Å². The highest BCUT2D eigenvalue weighted by atomic mass is 32.2. The number of aliphatic imine (C=N–C) groups is 1. The SMILES string of the molecule is COc1ccc2cc([C@H]3SC(C)=Nc4c3c(=O)[nH]n4[C@@H]3CCOC(C)(C)C3)c(=O)n(C)c2c1. The number of hydrogen-bond acceptors (Lipinski definition) is 6. The van der Waals surface area contributed by atoms with Gasteiger partial charge in [-0.1, -0.05) is 11.8 Å². The van der Waals surface area contributed by atoms with Gasteiger partial charge in [-0.25, -0.2) is 4.99 Å². The fraction of sp³-hybridized carbons (Fsp3) is 0.458. The first kappa shape index (κ1) is 22.0. The molecule has 0 radical (unpaired) electrons. The predicted octanol–water partition coefficient (Wildman–Crippen LogP) is 4.05. The number of hydrogen-bond donors (Lipinski definition) is 1. The van der Waals surface area contributed by atoms with Crippen LogP contribution in [0.2, 0.25) is 0 Å². The van der Waals surface area contributed by atoms with Crippen LogP contribution in [-0.2, 0) is 11.8 Å². The lowest BCUT2D eigenvalue weighted by atomic mass is 9.94. The van der Waals surface area contributed by atoms with E-state index in [2.05, 4.69) is 18.9 Å². The normalized spacial score (nSPS) is 22.2. The summed E-state index contributed by atoms with van der Waals surface area (Å²) in [5.74, 6) is 1.32. The fourth-order valence-corrected chi connectivity index (χ4v) is 6.00. The maximum absolute atomic E-state index is 13.4. The maximum Gasteiger partial charge on any atom is 0.271 e. The number of pyridine rings is 1. The average Bonchev–Trinajstić information content (AvgIpc) is 3.11. The summed E-state index contributed by atoms with van der Waals surface area (Å²) in [5.41, 5.74) is 1.30. The van der Waals surface area contributed by atoms with Crippen LogP contribution in [0.4, 0.5) is 5.82 Å². The highest BCUT2D eigenvalue weighted by molar-refractivity contribution is 8.14. The van der Waals surface area contributed by atoms with Crippen LogP contribution in [-0.4, -0.2) is 38.7 Å². The summed E-state index contributed by atoms with van der Waals surface area (Å²) < 4.78 is 14.7. The van der Waals surface area contributed by atoms with Gasteiger partial charge in [-0.3, -0.25) is 19.4 Å². The Morgan fingerprint density at radius 1 is 1.27 bits per heavy atom. The molecule has 1 aromatic carbocycles. The molecule has 0 amide bonds. The second-order valence-electron chi connectivity index (χ2n) is 9.32. The van der Waals surface area contributed by atoms with Gasteiger partial charge in [-0.05, 0) is 57.2 Å². The predicted molar refractivity (Wildman–Crippen MR) is 131 cm³/mol. The Morgan fingerprint density at radius 2 is 2.06 bits per heavy atom. The van der Waals surface area contributed by atoms with Crippen LogP contribution >= 0.6 is 11.8 Å².